The number of anilines is 1. The molecule has 0 amide bonds. The third-order valence-corrected chi connectivity index (χ3v) is 3.83. The van der Waals surface area contributed by atoms with Crippen molar-refractivity contribution in [3.8, 4) is 0 Å². The zero-order valence-electron chi connectivity index (χ0n) is 10.5. The van der Waals surface area contributed by atoms with E-state index >= 15 is 0 Å². The molecule has 1 aromatic heterocycles. The number of nitrogens with zero attached hydrogens (tertiary/aromatic N) is 2. The summed E-state index contributed by atoms with van der Waals surface area (Å²) in [6.07, 6.45) is 4.54. The number of rotatable bonds is 3. The Kier molecular flexibility index (Phi) is 4.40. The van der Waals surface area contributed by atoms with Crippen molar-refractivity contribution in [3.05, 3.63) is 22.3 Å². The van der Waals surface area contributed by atoms with Gasteiger partial charge in [0.2, 0.25) is 0 Å². The van der Waals surface area contributed by atoms with E-state index in [2.05, 4.69) is 51.2 Å². The number of aromatic nitrogens is 1. The highest BCUT2D eigenvalue weighted by Gasteiger charge is 2.16. The number of hydrogen-bond acceptors (Lipinski definition) is 3. The highest BCUT2D eigenvalue weighted by atomic mass is 79.9. The monoisotopic (exact) mass is 297 g/mol. The summed E-state index contributed by atoms with van der Waals surface area (Å²) in [5.74, 6) is 1.78. The van der Waals surface area contributed by atoms with Gasteiger partial charge in [0.05, 0.1) is 4.47 Å². The first-order chi connectivity index (χ1) is 8.16. The molecule has 94 valence electrons. The summed E-state index contributed by atoms with van der Waals surface area (Å²) in [6, 6.07) is 2.12. The Morgan fingerprint density at radius 1 is 1.59 bits per heavy atom. The van der Waals surface area contributed by atoms with E-state index in [0.717, 1.165) is 29.3 Å². The van der Waals surface area contributed by atoms with Crippen LogP contribution in [0.1, 0.15) is 18.4 Å². The Morgan fingerprint density at radius 3 is 3.06 bits per heavy atom. The van der Waals surface area contributed by atoms with Gasteiger partial charge in [0.25, 0.3) is 0 Å². The van der Waals surface area contributed by atoms with Crippen LogP contribution in [-0.4, -0.2) is 31.7 Å². The van der Waals surface area contributed by atoms with Gasteiger partial charge in [-0.15, -0.1) is 0 Å². The van der Waals surface area contributed by atoms with Gasteiger partial charge in [0.15, 0.2) is 0 Å². The minimum atomic E-state index is 0.740. The predicted molar refractivity (Wildman–Crippen MR) is 75.5 cm³/mol. The van der Waals surface area contributed by atoms with Crippen LogP contribution in [0.25, 0.3) is 0 Å². The van der Waals surface area contributed by atoms with Crippen molar-refractivity contribution in [3.63, 3.8) is 0 Å². The minimum Gasteiger partial charge on any atom is -0.358 e. The van der Waals surface area contributed by atoms with Crippen molar-refractivity contribution in [2.75, 3.05) is 31.6 Å². The van der Waals surface area contributed by atoms with E-state index in [0.29, 0.717) is 0 Å². The van der Waals surface area contributed by atoms with Crippen LogP contribution in [0.4, 0.5) is 5.82 Å². The van der Waals surface area contributed by atoms with Gasteiger partial charge in [0.1, 0.15) is 5.82 Å². The second-order valence-corrected chi connectivity index (χ2v) is 5.77. The van der Waals surface area contributed by atoms with Crippen molar-refractivity contribution in [2.45, 2.75) is 19.8 Å². The summed E-state index contributed by atoms with van der Waals surface area (Å²) >= 11 is 3.59. The van der Waals surface area contributed by atoms with E-state index in [1.54, 1.807) is 0 Å². The summed E-state index contributed by atoms with van der Waals surface area (Å²) in [5.41, 5.74) is 1.19. The van der Waals surface area contributed by atoms with E-state index < -0.39 is 0 Å². The molecule has 1 aliphatic rings. The molecular weight excluding hydrogens is 278 g/mol. The molecule has 3 nitrogen and oxygen atoms in total. The molecule has 4 heteroatoms. The third kappa shape index (κ3) is 3.42. The number of aryl methyl sites for hydroxylation is 1. The molecule has 1 N–H and O–H groups in total. The molecule has 1 unspecified atom stereocenters. The SMILES string of the molecule is Cc1cnc(N(C)CC2CCCNC2)c(Br)c1. The highest BCUT2D eigenvalue weighted by molar-refractivity contribution is 9.10. The van der Waals surface area contributed by atoms with Gasteiger partial charge in [-0.3, -0.25) is 0 Å². The van der Waals surface area contributed by atoms with Gasteiger partial charge in [0, 0.05) is 19.8 Å². The highest BCUT2D eigenvalue weighted by Crippen LogP contribution is 2.25. The minimum absolute atomic E-state index is 0.740. The van der Waals surface area contributed by atoms with Crippen LogP contribution in [-0.2, 0) is 0 Å². The summed E-state index contributed by atoms with van der Waals surface area (Å²) in [4.78, 5) is 6.75. The molecular formula is C13H20BrN3. The maximum atomic E-state index is 4.50. The number of nitrogens with one attached hydrogen (secondary N) is 1. The van der Waals surface area contributed by atoms with Gasteiger partial charge in [-0.05, 0) is 66.3 Å². The molecule has 17 heavy (non-hydrogen) atoms. The molecule has 1 saturated heterocycles. The van der Waals surface area contributed by atoms with Gasteiger partial charge < -0.3 is 10.2 Å². The first-order valence-electron chi connectivity index (χ1n) is 6.21. The Morgan fingerprint density at radius 2 is 2.41 bits per heavy atom. The van der Waals surface area contributed by atoms with E-state index in [1.165, 1.54) is 24.9 Å². The van der Waals surface area contributed by atoms with Crippen molar-refractivity contribution < 1.29 is 0 Å². The van der Waals surface area contributed by atoms with Gasteiger partial charge in [-0.25, -0.2) is 4.98 Å². The van der Waals surface area contributed by atoms with E-state index in [4.69, 9.17) is 0 Å². The summed E-state index contributed by atoms with van der Waals surface area (Å²) in [6.45, 7) is 5.44. The summed E-state index contributed by atoms with van der Waals surface area (Å²) in [5, 5.41) is 3.46. The number of pyridine rings is 1. The lowest BCUT2D eigenvalue weighted by Gasteiger charge is -2.28. The van der Waals surface area contributed by atoms with E-state index in [1.807, 2.05) is 6.20 Å². The molecule has 1 fully saturated rings. The molecule has 0 saturated carbocycles. The lowest BCUT2D eigenvalue weighted by atomic mass is 9.99. The molecule has 1 aromatic rings. The van der Waals surface area contributed by atoms with E-state index in [-0.39, 0.29) is 0 Å². The van der Waals surface area contributed by atoms with Crippen molar-refractivity contribution >= 4 is 21.7 Å². The van der Waals surface area contributed by atoms with Crippen molar-refractivity contribution in [1.82, 2.24) is 10.3 Å². The van der Waals surface area contributed by atoms with Crippen LogP contribution in [0.2, 0.25) is 0 Å². The average molecular weight is 298 g/mol. The summed E-state index contributed by atoms with van der Waals surface area (Å²) in [7, 11) is 2.12. The molecule has 0 radical (unpaired) electrons. The number of halogens is 1. The maximum Gasteiger partial charge on any atom is 0.142 e. The zero-order chi connectivity index (χ0) is 12.3. The van der Waals surface area contributed by atoms with Gasteiger partial charge >= 0.3 is 0 Å². The van der Waals surface area contributed by atoms with Crippen LogP contribution in [0.5, 0.6) is 0 Å². The van der Waals surface area contributed by atoms with Crippen LogP contribution >= 0.6 is 15.9 Å². The maximum absolute atomic E-state index is 4.50. The molecule has 0 spiro atoms. The molecule has 0 aromatic carbocycles. The standard InChI is InChI=1S/C13H20BrN3/c1-10-6-12(14)13(16-7-10)17(2)9-11-4-3-5-15-8-11/h6-7,11,15H,3-5,8-9H2,1-2H3. The lowest BCUT2D eigenvalue weighted by Crippen LogP contribution is -2.37. The Balaban J connectivity index is 2.00. The largest absolute Gasteiger partial charge is 0.358 e. The smallest absolute Gasteiger partial charge is 0.142 e. The van der Waals surface area contributed by atoms with Crippen molar-refractivity contribution in [2.24, 2.45) is 5.92 Å². The third-order valence-electron chi connectivity index (χ3n) is 3.25. The number of piperidine rings is 1. The van der Waals surface area contributed by atoms with E-state index in [9.17, 15) is 0 Å². The molecule has 0 bridgehead atoms. The van der Waals surface area contributed by atoms with Crippen LogP contribution in [0, 0.1) is 12.8 Å². The van der Waals surface area contributed by atoms with Gasteiger partial charge in [-0.2, -0.15) is 0 Å². The molecule has 1 atom stereocenters. The van der Waals surface area contributed by atoms with Gasteiger partial charge in [-0.1, -0.05) is 0 Å². The predicted octanol–water partition coefficient (Wildman–Crippen LogP) is 2.59. The topological polar surface area (TPSA) is 28.2 Å². The first kappa shape index (κ1) is 12.8. The molecule has 2 rings (SSSR count). The van der Waals surface area contributed by atoms with Crippen LogP contribution < -0.4 is 10.2 Å². The number of hydrogen-bond donors (Lipinski definition) is 1. The fourth-order valence-electron chi connectivity index (χ4n) is 2.36. The Labute approximate surface area is 112 Å². The lowest BCUT2D eigenvalue weighted by molar-refractivity contribution is 0.380. The second kappa shape index (κ2) is 5.83. The Bertz CT molecular complexity index is 375. The quantitative estimate of drug-likeness (QED) is 0.929. The molecule has 1 aliphatic heterocycles. The second-order valence-electron chi connectivity index (χ2n) is 4.91. The Hall–Kier alpha value is -0.610. The average Bonchev–Trinajstić information content (AvgIpc) is 2.30. The molecule has 2 heterocycles. The molecule has 0 aliphatic carbocycles. The normalized spacial score (nSPS) is 20.3. The fraction of sp³-hybridized carbons (Fsp3) is 0.615. The van der Waals surface area contributed by atoms with Crippen molar-refractivity contribution in [1.29, 1.82) is 0 Å². The van der Waals surface area contributed by atoms with Crippen LogP contribution in [0.15, 0.2) is 16.7 Å². The zero-order valence-corrected chi connectivity index (χ0v) is 12.1. The summed E-state index contributed by atoms with van der Waals surface area (Å²) < 4.78 is 1.09. The first-order valence-corrected chi connectivity index (χ1v) is 7.00. The fourth-order valence-corrected chi connectivity index (χ4v) is 3.13. The van der Waals surface area contributed by atoms with Crippen LogP contribution in [0.3, 0.4) is 0 Å².